The van der Waals surface area contributed by atoms with Crippen LogP contribution >= 0.6 is 27.3 Å². The number of aryl methyl sites for hydroxylation is 2. The number of nitrogens with one attached hydrogen (secondary N) is 1. The van der Waals surface area contributed by atoms with Crippen LogP contribution in [0, 0.1) is 0 Å². The molecule has 1 N–H and O–H groups in total. The van der Waals surface area contributed by atoms with Crippen molar-refractivity contribution in [2.45, 2.75) is 25.8 Å². The Balaban J connectivity index is 1.69. The lowest BCUT2D eigenvalue weighted by Gasteiger charge is -2.06. The Hall–Kier alpha value is -1.13. The third kappa shape index (κ3) is 2.74. The first-order valence-corrected chi connectivity index (χ1v) is 8.03. The number of hydrogen-bond donors (Lipinski definition) is 1. The lowest BCUT2D eigenvalue weighted by atomic mass is 10.1. The van der Waals surface area contributed by atoms with E-state index in [1.807, 2.05) is 23.6 Å². The molecule has 0 aliphatic heterocycles. The zero-order chi connectivity index (χ0) is 13.2. The van der Waals surface area contributed by atoms with Gasteiger partial charge in [0, 0.05) is 14.9 Å². The molecule has 2 aromatic rings. The summed E-state index contributed by atoms with van der Waals surface area (Å²) in [6.45, 7) is 0.578. The van der Waals surface area contributed by atoms with Crippen LogP contribution in [0.3, 0.4) is 0 Å². The van der Waals surface area contributed by atoms with Crippen molar-refractivity contribution in [1.82, 2.24) is 5.32 Å². The van der Waals surface area contributed by atoms with Crippen molar-refractivity contribution >= 4 is 33.2 Å². The number of fused-ring (bicyclic) bond motifs is 1. The molecule has 2 nitrogen and oxygen atoms in total. The zero-order valence-electron chi connectivity index (χ0n) is 10.4. The molecule has 98 valence electrons. The average Bonchev–Trinajstić information content (AvgIpc) is 3.03. The second-order valence-corrected chi connectivity index (χ2v) is 6.57. The van der Waals surface area contributed by atoms with E-state index in [0.717, 1.165) is 27.8 Å². The Bertz CT molecular complexity index is 620. The molecule has 1 amide bonds. The standard InChI is InChI=1S/C15H14BrNOS/c16-13-6-7-19-14(13)9-17-15(18)12-5-4-10-2-1-3-11(10)8-12/h4-8H,1-3,9H2,(H,17,18). The van der Waals surface area contributed by atoms with Crippen LogP contribution in [0.4, 0.5) is 0 Å². The van der Waals surface area contributed by atoms with Crippen molar-refractivity contribution in [2.24, 2.45) is 0 Å². The zero-order valence-corrected chi connectivity index (χ0v) is 12.8. The summed E-state index contributed by atoms with van der Waals surface area (Å²) < 4.78 is 1.06. The third-order valence-electron chi connectivity index (χ3n) is 3.46. The molecule has 0 unspecified atom stereocenters. The molecular formula is C15H14BrNOS. The molecular weight excluding hydrogens is 322 g/mol. The number of carbonyl (C=O) groups excluding carboxylic acids is 1. The van der Waals surface area contributed by atoms with Crippen molar-refractivity contribution in [3.8, 4) is 0 Å². The fourth-order valence-electron chi connectivity index (χ4n) is 2.43. The summed E-state index contributed by atoms with van der Waals surface area (Å²) in [6.07, 6.45) is 3.47. The number of thiophene rings is 1. The maximum Gasteiger partial charge on any atom is 0.251 e. The van der Waals surface area contributed by atoms with Crippen molar-refractivity contribution in [3.63, 3.8) is 0 Å². The Kier molecular flexibility index (Phi) is 3.71. The van der Waals surface area contributed by atoms with Gasteiger partial charge in [-0.05, 0) is 69.9 Å². The van der Waals surface area contributed by atoms with Gasteiger partial charge in [-0.25, -0.2) is 0 Å². The summed E-state index contributed by atoms with van der Waals surface area (Å²) in [5, 5.41) is 4.99. The van der Waals surface area contributed by atoms with Crippen LogP contribution in [0.25, 0.3) is 0 Å². The van der Waals surface area contributed by atoms with Gasteiger partial charge < -0.3 is 5.32 Å². The molecule has 1 aliphatic carbocycles. The maximum atomic E-state index is 12.1. The highest BCUT2D eigenvalue weighted by molar-refractivity contribution is 9.10. The van der Waals surface area contributed by atoms with Gasteiger partial charge in [0.15, 0.2) is 0 Å². The summed E-state index contributed by atoms with van der Waals surface area (Å²) in [5.41, 5.74) is 3.51. The smallest absolute Gasteiger partial charge is 0.251 e. The highest BCUT2D eigenvalue weighted by Gasteiger charge is 2.14. The predicted molar refractivity (Wildman–Crippen MR) is 81.7 cm³/mol. The Morgan fingerprint density at radius 1 is 1.26 bits per heavy atom. The molecule has 0 atom stereocenters. The van der Waals surface area contributed by atoms with E-state index in [4.69, 9.17) is 0 Å². The summed E-state index contributed by atoms with van der Waals surface area (Å²) in [7, 11) is 0. The molecule has 1 aromatic carbocycles. The van der Waals surface area contributed by atoms with Crippen LogP contribution in [0.2, 0.25) is 0 Å². The number of amides is 1. The van der Waals surface area contributed by atoms with E-state index in [0.29, 0.717) is 6.54 Å². The molecule has 0 fully saturated rings. The van der Waals surface area contributed by atoms with Crippen LogP contribution in [0.15, 0.2) is 34.1 Å². The summed E-state index contributed by atoms with van der Waals surface area (Å²) in [4.78, 5) is 13.3. The number of hydrogen-bond acceptors (Lipinski definition) is 2. The molecule has 1 heterocycles. The lowest BCUT2D eigenvalue weighted by Crippen LogP contribution is -2.22. The molecule has 19 heavy (non-hydrogen) atoms. The number of rotatable bonds is 3. The van der Waals surface area contributed by atoms with Gasteiger partial charge in [-0.2, -0.15) is 0 Å². The van der Waals surface area contributed by atoms with Gasteiger partial charge in [-0.3, -0.25) is 4.79 Å². The van der Waals surface area contributed by atoms with E-state index < -0.39 is 0 Å². The molecule has 1 aromatic heterocycles. The average molecular weight is 336 g/mol. The second kappa shape index (κ2) is 5.47. The minimum absolute atomic E-state index is 0.00926. The molecule has 0 radical (unpaired) electrons. The Morgan fingerprint density at radius 3 is 2.89 bits per heavy atom. The Labute approximate surface area is 125 Å². The van der Waals surface area contributed by atoms with Crippen molar-refractivity contribution in [2.75, 3.05) is 0 Å². The van der Waals surface area contributed by atoms with E-state index in [2.05, 4.69) is 27.3 Å². The minimum Gasteiger partial charge on any atom is -0.347 e. The van der Waals surface area contributed by atoms with E-state index in [-0.39, 0.29) is 5.91 Å². The summed E-state index contributed by atoms with van der Waals surface area (Å²) in [5.74, 6) is 0.00926. The SMILES string of the molecule is O=C(NCc1sccc1Br)c1ccc2c(c1)CCC2. The van der Waals surface area contributed by atoms with Crippen LogP contribution in [-0.2, 0) is 19.4 Å². The van der Waals surface area contributed by atoms with Crippen LogP contribution in [-0.4, -0.2) is 5.91 Å². The van der Waals surface area contributed by atoms with Gasteiger partial charge in [0.05, 0.1) is 6.54 Å². The third-order valence-corrected chi connectivity index (χ3v) is 5.39. The second-order valence-electron chi connectivity index (χ2n) is 4.71. The lowest BCUT2D eigenvalue weighted by molar-refractivity contribution is 0.0951. The van der Waals surface area contributed by atoms with Gasteiger partial charge in [0.25, 0.3) is 5.91 Å². The van der Waals surface area contributed by atoms with Gasteiger partial charge in [0.2, 0.25) is 0 Å². The normalized spacial score (nSPS) is 13.3. The maximum absolute atomic E-state index is 12.1. The van der Waals surface area contributed by atoms with Gasteiger partial charge in [0.1, 0.15) is 0 Å². The first kappa shape index (κ1) is 12.9. The van der Waals surface area contributed by atoms with E-state index in [1.54, 1.807) is 11.3 Å². The predicted octanol–water partition coefficient (Wildman–Crippen LogP) is 3.93. The minimum atomic E-state index is 0.00926. The van der Waals surface area contributed by atoms with Crippen molar-refractivity contribution in [1.29, 1.82) is 0 Å². The quantitative estimate of drug-likeness (QED) is 0.904. The first-order valence-electron chi connectivity index (χ1n) is 6.36. The largest absolute Gasteiger partial charge is 0.347 e. The first-order chi connectivity index (χ1) is 9.24. The fraction of sp³-hybridized carbons (Fsp3) is 0.267. The summed E-state index contributed by atoms with van der Waals surface area (Å²) in [6, 6.07) is 8.07. The van der Waals surface area contributed by atoms with Gasteiger partial charge >= 0.3 is 0 Å². The van der Waals surface area contributed by atoms with Crippen LogP contribution < -0.4 is 5.32 Å². The molecule has 4 heteroatoms. The summed E-state index contributed by atoms with van der Waals surface area (Å²) >= 11 is 5.12. The molecule has 0 bridgehead atoms. The van der Waals surface area contributed by atoms with E-state index in [1.165, 1.54) is 17.5 Å². The molecule has 3 rings (SSSR count). The molecule has 1 aliphatic rings. The number of halogens is 1. The monoisotopic (exact) mass is 335 g/mol. The number of benzene rings is 1. The van der Waals surface area contributed by atoms with Gasteiger partial charge in [-0.1, -0.05) is 6.07 Å². The molecule has 0 saturated carbocycles. The van der Waals surface area contributed by atoms with Crippen LogP contribution in [0.5, 0.6) is 0 Å². The van der Waals surface area contributed by atoms with Crippen molar-refractivity contribution in [3.05, 3.63) is 55.7 Å². The highest BCUT2D eigenvalue weighted by atomic mass is 79.9. The van der Waals surface area contributed by atoms with Gasteiger partial charge in [-0.15, -0.1) is 11.3 Å². The number of carbonyl (C=O) groups is 1. The Morgan fingerprint density at radius 2 is 2.11 bits per heavy atom. The van der Waals surface area contributed by atoms with Crippen LogP contribution in [0.1, 0.15) is 32.8 Å². The molecule has 0 spiro atoms. The topological polar surface area (TPSA) is 29.1 Å². The fourth-order valence-corrected chi connectivity index (χ4v) is 3.86. The van der Waals surface area contributed by atoms with E-state index in [9.17, 15) is 4.79 Å². The van der Waals surface area contributed by atoms with E-state index >= 15 is 0 Å². The molecule has 0 saturated heterocycles. The highest BCUT2D eigenvalue weighted by Crippen LogP contribution is 2.24. The van der Waals surface area contributed by atoms with Crippen molar-refractivity contribution < 1.29 is 4.79 Å².